The van der Waals surface area contributed by atoms with E-state index in [0.717, 1.165) is 6.04 Å². The summed E-state index contributed by atoms with van der Waals surface area (Å²) in [6.45, 7) is 7.29. The first-order chi connectivity index (χ1) is 7.89. The molecule has 0 heterocycles. The Hall–Kier alpha value is -1.19. The maximum atomic E-state index is 11.3. The molecule has 0 aromatic rings. The maximum Gasteiger partial charge on any atom is 0.306 e. The van der Waals surface area contributed by atoms with Crippen molar-refractivity contribution in [3.63, 3.8) is 0 Å². The van der Waals surface area contributed by atoms with Gasteiger partial charge in [0.1, 0.15) is 0 Å². The molecule has 2 nitrogen and oxygen atoms in total. The molecule has 0 saturated carbocycles. The molecule has 0 rings (SSSR count). The minimum Gasteiger partial charge on any atom is -0.465 e. The smallest absolute Gasteiger partial charge is 0.306 e. The third-order valence-electron chi connectivity index (χ3n) is 2.26. The van der Waals surface area contributed by atoms with Crippen LogP contribution in [0.15, 0.2) is 0 Å². The number of carbonyl (C=O) groups is 1. The number of terminal acetylenes is 2. The van der Waals surface area contributed by atoms with Crippen molar-refractivity contribution in [1.29, 1.82) is 0 Å². The van der Waals surface area contributed by atoms with Gasteiger partial charge in [-0.15, -0.1) is 24.7 Å². The Kier molecular flexibility index (Phi) is 7.42. The average Bonchev–Trinajstić information content (AvgIpc) is 2.21. The summed E-state index contributed by atoms with van der Waals surface area (Å²) in [6.07, 6.45) is 11.8. The lowest BCUT2D eigenvalue weighted by Crippen LogP contribution is -2.26. The van der Waals surface area contributed by atoms with Gasteiger partial charge in [-0.3, -0.25) is 4.79 Å². The standard InChI is InChI=1S/C14H22O2Si/c1-6-8-10-14(15)16-11-13(9-7-2)12-17(3,4)5/h1-2,13H,8-12H2,3-5H3. The summed E-state index contributed by atoms with van der Waals surface area (Å²) in [5, 5.41) is 0. The molecule has 0 radical (unpaired) electrons. The van der Waals surface area contributed by atoms with E-state index in [1.54, 1.807) is 0 Å². The zero-order valence-electron chi connectivity index (χ0n) is 11.1. The molecule has 1 atom stereocenters. The van der Waals surface area contributed by atoms with Crippen LogP contribution in [0.2, 0.25) is 25.7 Å². The van der Waals surface area contributed by atoms with Crippen LogP contribution < -0.4 is 0 Å². The van der Waals surface area contributed by atoms with Gasteiger partial charge >= 0.3 is 5.97 Å². The molecule has 1 unspecified atom stereocenters. The lowest BCUT2D eigenvalue weighted by molar-refractivity contribution is -0.144. The highest BCUT2D eigenvalue weighted by atomic mass is 28.3. The van der Waals surface area contributed by atoms with Gasteiger partial charge in [-0.25, -0.2) is 0 Å². The van der Waals surface area contributed by atoms with E-state index >= 15 is 0 Å². The summed E-state index contributed by atoms with van der Waals surface area (Å²) in [6, 6.07) is 1.08. The first kappa shape index (κ1) is 15.8. The van der Waals surface area contributed by atoms with Gasteiger partial charge in [0, 0.05) is 26.8 Å². The van der Waals surface area contributed by atoms with Gasteiger partial charge in [0.05, 0.1) is 13.0 Å². The summed E-state index contributed by atoms with van der Waals surface area (Å²) in [4.78, 5) is 11.3. The van der Waals surface area contributed by atoms with Gasteiger partial charge in [-0.2, -0.15) is 0 Å². The van der Waals surface area contributed by atoms with Crippen molar-refractivity contribution in [2.75, 3.05) is 6.61 Å². The normalized spacial score (nSPS) is 12.3. The van der Waals surface area contributed by atoms with Crippen LogP contribution in [-0.2, 0) is 9.53 Å². The van der Waals surface area contributed by atoms with E-state index in [1.165, 1.54) is 0 Å². The number of esters is 1. The minimum atomic E-state index is -1.17. The molecule has 0 saturated heterocycles. The Bertz CT molecular complexity index is 315. The summed E-state index contributed by atoms with van der Waals surface area (Å²) in [5.74, 6) is 5.15. The van der Waals surface area contributed by atoms with E-state index in [4.69, 9.17) is 17.6 Å². The van der Waals surface area contributed by atoms with Crippen LogP contribution in [0.3, 0.4) is 0 Å². The molecular weight excluding hydrogens is 228 g/mol. The zero-order chi connectivity index (χ0) is 13.3. The Morgan fingerprint density at radius 1 is 1.29 bits per heavy atom. The van der Waals surface area contributed by atoms with Crippen LogP contribution in [0.5, 0.6) is 0 Å². The number of carbonyl (C=O) groups excluding carboxylic acids is 1. The highest BCUT2D eigenvalue weighted by Crippen LogP contribution is 2.20. The lowest BCUT2D eigenvalue weighted by atomic mass is 10.1. The Morgan fingerprint density at radius 3 is 2.41 bits per heavy atom. The molecule has 0 fully saturated rings. The summed E-state index contributed by atoms with van der Waals surface area (Å²) in [5.41, 5.74) is 0. The van der Waals surface area contributed by atoms with E-state index in [-0.39, 0.29) is 5.97 Å². The Balaban J connectivity index is 4.06. The molecule has 0 aromatic heterocycles. The fourth-order valence-corrected chi connectivity index (χ4v) is 3.67. The molecule has 3 heteroatoms. The largest absolute Gasteiger partial charge is 0.465 e. The Labute approximate surface area is 106 Å². The van der Waals surface area contributed by atoms with Gasteiger partial charge in [0.15, 0.2) is 0 Å². The predicted octanol–water partition coefficient (Wildman–Crippen LogP) is 2.92. The summed E-state index contributed by atoms with van der Waals surface area (Å²) in [7, 11) is -1.17. The van der Waals surface area contributed by atoms with E-state index in [2.05, 4.69) is 31.5 Å². The highest BCUT2D eigenvalue weighted by Gasteiger charge is 2.21. The highest BCUT2D eigenvalue weighted by molar-refractivity contribution is 6.76. The summed E-state index contributed by atoms with van der Waals surface area (Å²) < 4.78 is 5.20. The van der Waals surface area contributed by atoms with E-state index < -0.39 is 8.07 Å². The van der Waals surface area contributed by atoms with Crippen LogP contribution in [0.25, 0.3) is 0 Å². The quantitative estimate of drug-likeness (QED) is 0.394. The molecule has 0 aliphatic rings. The van der Waals surface area contributed by atoms with Gasteiger partial charge in [-0.05, 0) is 0 Å². The molecule has 0 aliphatic carbocycles. The van der Waals surface area contributed by atoms with Crippen molar-refractivity contribution in [3.05, 3.63) is 0 Å². The predicted molar refractivity (Wildman–Crippen MR) is 74.1 cm³/mol. The van der Waals surface area contributed by atoms with Crippen LogP contribution in [0, 0.1) is 30.6 Å². The van der Waals surface area contributed by atoms with Crippen molar-refractivity contribution in [2.45, 2.75) is 44.9 Å². The van der Waals surface area contributed by atoms with E-state index in [1.807, 2.05) is 0 Å². The third kappa shape index (κ3) is 9.72. The second-order valence-corrected chi connectivity index (χ2v) is 11.0. The molecule has 0 spiro atoms. The fraction of sp³-hybridized carbons (Fsp3) is 0.643. The number of hydrogen-bond donors (Lipinski definition) is 0. The summed E-state index contributed by atoms with van der Waals surface area (Å²) >= 11 is 0. The zero-order valence-corrected chi connectivity index (χ0v) is 12.1. The lowest BCUT2D eigenvalue weighted by Gasteiger charge is -2.22. The van der Waals surface area contributed by atoms with Gasteiger partial charge in [0.2, 0.25) is 0 Å². The first-order valence-corrected chi connectivity index (χ1v) is 9.62. The topological polar surface area (TPSA) is 26.3 Å². The molecular formula is C14H22O2Si. The molecule has 0 amide bonds. The molecule has 94 valence electrons. The number of ether oxygens (including phenoxy) is 1. The van der Waals surface area contributed by atoms with Crippen LogP contribution >= 0.6 is 0 Å². The second kappa shape index (κ2) is 7.98. The minimum absolute atomic E-state index is 0.222. The van der Waals surface area contributed by atoms with Crippen LogP contribution in [0.1, 0.15) is 19.3 Å². The van der Waals surface area contributed by atoms with Crippen molar-refractivity contribution in [3.8, 4) is 24.7 Å². The van der Waals surface area contributed by atoms with Gasteiger partial charge in [0.25, 0.3) is 0 Å². The Morgan fingerprint density at radius 2 is 1.94 bits per heavy atom. The number of rotatable bonds is 7. The van der Waals surface area contributed by atoms with Crippen molar-refractivity contribution in [2.24, 2.45) is 5.92 Å². The SMILES string of the molecule is C#CCCC(=O)OCC(CC#C)C[Si](C)(C)C. The number of hydrogen-bond acceptors (Lipinski definition) is 2. The molecule has 0 bridgehead atoms. The van der Waals surface area contributed by atoms with Crippen molar-refractivity contribution in [1.82, 2.24) is 0 Å². The molecule has 17 heavy (non-hydrogen) atoms. The van der Waals surface area contributed by atoms with Gasteiger partial charge < -0.3 is 4.74 Å². The van der Waals surface area contributed by atoms with Crippen LogP contribution in [0.4, 0.5) is 0 Å². The average molecular weight is 250 g/mol. The van der Waals surface area contributed by atoms with E-state index in [0.29, 0.717) is 31.8 Å². The van der Waals surface area contributed by atoms with Gasteiger partial charge in [-0.1, -0.05) is 25.7 Å². The first-order valence-electron chi connectivity index (χ1n) is 5.91. The second-order valence-electron chi connectivity index (χ2n) is 5.43. The van der Waals surface area contributed by atoms with Crippen molar-refractivity contribution < 1.29 is 9.53 Å². The van der Waals surface area contributed by atoms with E-state index in [9.17, 15) is 4.79 Å². The third-order valence-corrected chi connectivity index (χ3v) is 4.06. The fourth-order valence-electron chi connectivity index (χ4n) is 1.68. The maximum absolute atomic E-state index is 11.3. The molecule has 0 aliphatic heterocycles. The van der Waals surface area contributed by atoms with Crippen molar-refractivity contribution >= 4 is 14.0 Å². The van der Waals surface area contributed by atoms with Crippen LogP contribution in [-0.4, -0.2) is 20.7 Å². The monoisotopic (exact) mass is 250 g/mol. The molecule has 0 aromatic carbocycles. The molecule has 0 N–H and O–H groups in total.